The molecule has 0 spiro atoms. The zero-order valence-corrected chi connectivity index (χ0v) is 16.6. The average Bonchev–Trinajstić information content (AvgIpc) is 3.32. The number of nitrogens with zero attached hydrogens (tertiary/aromatic N) is 2. The fourth-order valence-electron chi connectivity index (χ4n) is 3.48. The maximum absolute atomic E-state index is 13.2. The number of nitrogens with one attached hydrogen (secondary N) is 1. The molecule has 0 atom stereocenters. The summed E-state index contributed by atoms with van der Waals surface area (Å²) in [6.07, 6.45) is 0. The second-order valence-electron chi connectivity index (χ2n) is 6.74. The van der Waals surface area contributed by atoms with Gasteiger partial charge in [0.1, 0.15) is 23.6 Å². The molecule has 1 aliphatic heterocycles. The summed E-state index contributed by atoms with van der Waals surface area (Å²) < 4.78 is 5.35. The molecular formula is C20H21ClN3O2S+. The predicted octanol–water partition coefficient (Wildman–Crippen LogP) is 2.91. The van der Waals surface area contributed by atoms with Crippen LogP contribution >= 0.6 is 22.9 Å². The molecule has 27 heavy (non-hydrogen) atoms. The number of carbonyl (C=O) groups is 1. The highest BCUT2D eigenvalue weighted by molar-refractivity contribution is 7.09. The van der Waals surface area contributed by atoms with Crippen LogP contribution in [0, 0.1) is 6.92 Å². The van der Waals surface area contributed by atoms with Crippen molar-refractivity contribution in [1.29, 1.82) is 0 Å². The molecule has 0 unspecified atom stereocenters. The zero-order chi connectivity index (χ0) is 18.8. The molecular weight excluding hydrogens is 382 g/mol. The lowest BCUT2D eigenvalue weighted by Crippen LogP contribution is -3.13. The summed E-state index contributed by atoms with van der Waals surface area (Å²) in [5.74, 6) is 0.502. The van der Waals surface area contributed by atoms with Crippen molar-refractivity contribution in [3.8, 4) is 11.3 Å². The van der Waals surface area contributed by atoms with Crippen molar-refractivity contribution in [2.24, 2.45) is 0 Å². The van der Waals surface area contributed by atoms with E-state index in [0.29, 0.717) is 22.0 Å². The molecule has 3 heterocycles. The first-order chi connectivity index (χ1) is 13.1. The van der Waals surface area contributed by atoms with Gasteiger partial charge in [0, 0.05) is 5.56 Å². The summed E-state index contributed by atoms with van der Waals surface area (Å²) in [7, 11) is 0. The summed E-state index contributed by atoms with van der Waals surface area (Å²) in [4.78, 5) is 18.0. The first-order valence-corrected chi connectivity index (χ1v) is 10.3. The number of thiophene rings is 1. The van der Waals surface area contributed by atoms with Gasteiger partial charge in [0.05, 0.1) is 36.1 Å². The number of aromatic nitrogens is 1. The van der Waals surface area contributed by atoms with Crippen molar-refractivity contribution in [2.75, 3.05) is 26.2 Å². The largest absolute Gasteiger partial charge is 0.360 e. The second kappa shape index (κ2) is 7.84. The van der Waals surface area contributed by atoms with Gasteiger partial charge in [-0.25, -0.2) is 0 Å². The number of amides is 1. The van der Waals surface area contributed by atoms with Crippen LogP contribution in [-0.4, -0.2) is 42.1 Å². The first kappa shape index (κ1) is 18.2. The van der Waals surface area contributed by atoms with Gasteiger partial charge in [0.15, 0.2) is 0 Å². The van der Waals surface area contributed by atoms with Crippen LogP contribution in [0.1, 0.15) is 21.0 Å². The van der Waals surface area contributed by atoms with Crippen molar-refractivity contribution in [1.82, 2.24) is 10.1 Å². The molecule has 1 amide bonds. The lowest BCUT2D eigenvalue weighted by Gasteiger charge is -2.32. The lowest BCUT2D eigenvalue weighted by atomic mass is 10.0. The predicted molar refractivity (Wildman–Crippen MR) is 106 cm³/mol. The highest BCUT2D eigenvalue weighted by Crippen LogP contribution is 2.31. The van der Waals surface area contributed by atoms with Gasteiger partial charge in [-0.1, -0.05) is 41.0 Å². The molecule has 5 nitrogen and oxygen atoms in total. The van der Waals surface area contributed by atoms with Crippen LogP contribution in [0.2, 0.25) is 5.02 Å². The summed E-state index contributed by atoms with van der Waals surface area (Å²) >= 11 is 8.10. The highest BCUT2D eigenvalue weighted by Gasteiger charge is 2.30. The van der Waals surface area contributed by atoms with Crippen LogP contribution in [0.15, 0.2) is 46.3 Å². The van der Waals surface area contributed by atoms with Crippen LogP contribution in [0.25, 0.3) is 11.3 Å². The number of piperazine rings is 1. The van der Waals surface area contributed by atoms with Gasteiger partial charge in [-0.2, -0.15) is 0 Å². The molecule has 2 aromatic heterocycles. The van der Waals surface area contributed by atoms with E-state index in [-0.39, 0.29) is 5.91 Å². The molecule has 0 radical (unpaired) electrons. The summed E-state index contributed by atoms with van der Waals surface area (Å²) in [5.41, 5.74) is 1.77. The van der Waals surface area contributed by atoms with Crippen LogP contribution < -0.4 is 4.90 Å². The average molecular weight is 403 g/mol. The number of hydrogen-bond acceptors (Lipinski definition) is 4. The molecule has 140 valence electrons. The van der Waals surface area contributed by atoms with E-state index in [1.165, 1.54) is 9.78 Å². The molecule has 4 rings (SSSR count). The number of quaternary nitrogens is 1. The monoisotopic (exact) mass is 402 g/mol. The molecule has 7 heteroatoms. The van der Waals surface area contributed by atoms with E-state index in [0.717, 1.165) is 38.3 Å². The third kappa shape index (κ3) is 3.78. The topological polar surface area (TPSA) is 50.8 Å². The van der Waals surface area contributed by atoms with E-state index < -0.39 is 0 Å². The number of carbonyl (C=O) groups excluding carboxylic acids is 1. The number of rotatable bonds is 4. The minimum atomic E-state index is -0.0288. The fourth-order valence-corrected chi connectivity index (χ4v) is 4.48. The summed E-state index contributed by atoms with van der Waals surface area (Å²) in [5, 5.41) is 6.79. The Morgan fingerprint density at radius 2 is 2.04 bits per heavy atom. The molecule has 1 N–H and O–H groups in total. The molecule has 1 fully saturated rings. The minimum absolute atomic E-state index is 0.0288. The van der Waals surface area contributed by atoms with E-state index in [4.69, 9.17) is 16.1 Å². The van der Waals surface area contributed by atoms with E-state index >= 15 is 0 Å². The van der Waals surface area contributed by atoms with Gasteiger partial charge in [-0.3, -0.25) is 4.79 Å². The van der Waals surface area contributed by atoms with Gasteiger partial charge >= 0.3 is 0 Å². The van der Waals surface area contributed by atoms with Crippen LogP contribution in [-0.2, 0) is 6.54 Å². The molecule has 1 saturated heterocycles. The Morgan fingerprint density at radius 3 is 2.74 bits per heavy atom. The number of aryl methyl sites for hydroxylation is 1. The summed E-state index contributed by atoms with van der Waals surface area (Å²) in [6, 6.07) is 11.7. The molecule has 1 aromatic carbocycles. The standard InChI is InChI=1S/C20H20ClN3O2S/c1-14-18(19(22-26-14)16-6-2-3-7-17(16)21)20(25)24-10-8-23(9-11-24)13-15-5-4-12-27-15/h2-7,12H,8-11,13H2,1H3/p+1. The Labute approximate surface area is 167 Å². The molecule has 0 saturated carbocycles. The van der Waals surface area contributed by atoms with E-state index in [2.05, 4.69) is 22.7 Å². The number of hydrogen-bond donors (Lipinski definition) is 1. The van der Waals surface area contributed by atoms with Crippen molar-refractivity contribution in [3.05, 3.63) is 63.0 Å². The molecule has 3 aromatic rings. The molecule has 0 aliphatic carbocycles. The van der Waals surface area contributed by atoms with E-state index in [9.17, 15) is 4.79 Å². The van der Waals surface area contributed by atoms with Gasteiger partial charge in [-0.15, -0.1) is 11.3 Å². The Morgan fingerprint density at radius 1 is 1.26 bits per heavy atom. The lowest BCUT2D eigenvalue weighted by molar-refractivity contribution is -0.917. The second-order valence-corrected chi connectivity index (χ2v) is 8.18. The quantitative estimate of drug-likeness (QED) is 0.730. The first-order valence-electron chi connectivity index (χ1n) is 9.00. The SMILES string of the molecule is Cc1onc(-c2ccccc2Cl)c1C(=O)N1CC[NH+](Cc2cccs2)CC1. The van der Waals surface area contributed by atoms with Gasteiger partial charge < -0.3 is 14.3 Å². The van der Waals surface area contributed by atoms with E-state index in [1.54, 1.807) is 24.3 Å². The Balaban J connectivity index is 1.50. The third-order valence-corrected chi connectivity index (χ3v) is 6.17. The Hall–Kier alpha value is -2.15. The normalized spacial score (nSPS) is 15.3. The maximum atomic E-state index is 13.2. The minimum Gasteiger partial charge on any atom is -0.360 e. The van der Waals surface area contributed by atoms with Crippen molar-refractivity contribution in [3.63, 3.8) is 0 Å². The number of benzene rings is 1. The van der Waals surface area contributed by atoms with Gasteiger partial charge in [0.2, 0.25) is 0 Å². The van der Waals surface area contributed by atoms with Crippen molar-refractivity contribution < 1.29 is 14.2 Å². The smallest absolute Gasteiger partial charge is 0.260 e. The van der Waals surface area contributed by atoms with Crippen LogP contribution in [0.5, 0.6) is 0 Å². The van der Waals surface area contributed by atoms with Crippen molar-refractivity contribution in [2.45, 2.75) is 13.5 Å². The fraction of sp³-hybridized carbons (Fsp3) is 0.300. The van der Waals surface area contributed by atoms with Gasteiger partial charge in [0.25, 0.3) is 5.91 Å². The van der Waals surface area contributed by atoms with Crippen LogP contribution in [0.3, 0.4) is 0 Å². The van der Waals surface area contributed by atoms with Gasteiger partial charge in [-0.05, 0) is 24.4 Å². The van der Waals surface area contributed by atoms with Crippen molar-refractivity contribution >= 4 is 28.8 Å². The molecule has 1 aliphatic rings. The zero-order valence-electron chi connectivity index (χ0n) is 15.1. The maximum Gasteiger partial charge on any atom is 0.260 e. The number of halogens is 1. The Bertz CT molecular complexity index is 931. The van der Waals surface area contributed by atoms with E-state index in [1.807, 2.05) is 23.1 Å². The summed E-state index contributed by atoms with van der Waals surface area (Å²) in [6.45, 7) is 6.14. The molecule has 0 bridgehead atoms. The Kier molecular flexibility index (Phi) is 5.29. The van der Waals surface area contributed by atoms with Crippen LogP contribution in [0.4, 0.5) is 0 Å². The highest BCUT2D eigenvalue weighted by atomic mass is 35.5. The third-order valence-electron chi connectivity index (χ3n) is 4.97.